The van der Waals surface area contributed by atoms with Crippen LogP contribution in [0.4, 0.5) is 5.69 Å². The van der Waals surface area contributed by atoms with Gasteiger partial charge >= 0.3 is 5.97 Å². The first-order valence-electron chi connectivity index (χ1n) is 5.57. The molecular weight excluding hydrogens is 282 g/mol. The number of anilines is 1. The summed E-state index contributed by atoms with van der Waals surface area (Å²) in [6.07, 6.45) is 0. The van der Waals surface area contributed by atoms with E-state index in [2.05, 4.69) is 0 Å². The second-order valence-corrected chi connectivity index (χ2v) is 5.30. The van der Waals surface area contributed by atoms with Crippen LogP contribution in [0.3, 0.4) is 0 Å². The smallest absolute Gasteiger partial charge is 0.335 e. The average Bonchev–Trinajstić information content (AvgIpc) is 2.38. The van der Waals surface area contributed by atoms with E-state index >= 15 is 0 Å². The van der Waals surface area contributed by atoms with Gasteiger partial charge in [0.1, 0.15) is 0 Å². The standard InChI is InChI=1S/C14H12ClNO2S/c15-11-6-3-7-12(16)13(11)19-8-9-4-1-2-5-10(9)14(17)18/h1-7H,8,16H2,(H,17,18). The molecule has 0 unspecified atom stereocenters. The number of carboxylic acid groups (broad SMARTS) is 1. The normalized spacial score (nSPS) is 10.4. The van der Waals surface area contributed by atoms with Crippen molar-refractivity contribution in [2.45, 2.75) is 10.6 Å². The average molecular weight is 294 g/mol. The SMILES string of the molecule is Nc1cccc(Cl)c1SCc1ccccc1C(=O)O. The maximum Gasteiger partial charge on any atom is 0.335 e. The van der Waals surface area contributed by atoms with Gasteiger partial charge in [-0.1, -0.05) is 35.9 Å². The molecule has 3 nitrogen and oxygen atoms in total. The number of nitrogens with two attached hydrogens (primary N) is 1. The lowest BCUT2D eigenvalue weighted by atomic mass is 10.1. The van der Waals surface area contributed by atoms with Crippen molar-refractivity contribution in [3.05, 3.63) is 58.6 Å². The Morgan fingerprint density at radius 3 is 2.63 bits per heavy atom. The lowest BCUT2D eigenvalue weighted by molar-refractivity contribution is 0.0696. The largest absolute Gasteiger partial charge is 0.478 e. The number of hydrogen-bond donors (Lipinski definition) is 2. The molecule has 19 heavy (non-hydrogen) atoms. The molecule has 0 aliphatic rings. The molecule has 2 rings (SSSR count). The van der Waals surface area contributed by atoms with Crippen LogP contribution in [0.15, 0.2) is 47.4 Å². The molecule has 0 amide bonds. The van der Waals surface area contributed by atoms with Crippen molar-refractivity contribution in [2.75, 3.05) is 5.73 Å². The maximum absolute atomic E-state index is 11.1. The molecule has 0 aromatic heterocycles. The Hall–Kier alpha value is -1.65. The van der Waals surface area contributed by atoms with Crippen molar-refractivity contribution >= 4 is 35.0 Å². The molecule has 98 valence electrons. The van der Waals surface area contributed by atoms with Crippen molar-refractivity contribution in [1.82, 2.24) is 0 Å². The molecule has 2 aromatic rings. The van der Waals surface area contributed by atoms with Crippen LogP contribution in [0.2, 0.25) is 5.02 Å². The Morgan fingerprint density at radius 2 is 1.95 bits per heavy atom. The summed E-state index contributed by atoms with van der Waals surface area (Å²) in [5, 5.41) is 9.69. The number of halogens is 1. The third-order valence-electron chi connectivity index (χ3n) is 2.62. The second kappa shape index (κ2) is 5.99. The number of carbonyl (C=O) groups is 1. The van der Waals surface area contributed by atoms with E-state index in [1.165, 1.54) is 11.8 Å². The second-order valence-electron chi connectivity index (χ2n) is 3.91. The van der Waals surface area contributed by atoms with Crippen molar-refractivity contribution in [3.63, 3.8) is 0 Å². The van der Waals surface area contributed by atoms with Crippen LogP contribution in [0.1, 0.15) is 15.9 Å². The fourth-order valence-corrected chi connectivity index (χ4v) is 3.02. The molecule has 5 heteroatoms. The number of rotatable bonds is 4. The van der Waals surface area contributed by atoms with E-state index in [-0.39, 0.29) is 0 Å². The number of aromatic carboxylic acids is 1. The monoisotopic (exact) mass is 293 g/mol. The molecule has 0 saturated heterocycles. The fourth-order valence-electron chi connectivity index (χ4n) is 1.68. The van der Waals surface area contributed by atoms with Gasteiger partial charge in [-0.25, -0.2) is 4.79 Å². The first kappa shape index (κ1) is 13.8. The van der Waals surface area contributed by atoms with Gasteiger partial charge in [-0.05, 0) is 23.8 Å². The van der Waals surface area contributed by atoms with Crippen molar-refractivity contribution in [1.29, 1.82) is 0 Å². The fraction of sp³-hybridized carbons (Fsp3) is 0.0714. The molecule has 0 radical (unpaired) electrons. The molecule has 0 heterocycles. The Balaban J connectivity index is 2.22. The summed E-state index contributed by atoms with van der Waals surface area (Å²) in [6.45, 7) is 0. The minimum atomic E-state index is -0.927. The third-order valence-corrected chi connectivity index (χ3v) is 4.24. The number of benzene rings is 2. The van der Waals surface area contributed by atoms with Crippen molar-refractivity contribution in [2.24, 2.45) is 0 Å². The number of carboxylic acids is 1. The molecule has 0 fully saturated rings. The van der Waals surface area contributed by atoms with Gasteiger partial charge in [0, 0.05) is 16.3 Å². The number of thioether (sulfide) groups is 1. The van der Waals surface area contributed by atoms with Crippen molar-refractivity contribution in [3.8, 4) is 0 Å². The highest BCUT2D eigenvalue weighted by molar-refractivity contribution is 7.98. The van der Waals surface area contributed by atoms with E-state index in [0.29, 0.717) is 22.0 Å². The summed E-state index contributed by atoms with van der Waals surface area (Å²) in [5.74, 6) is -0.417. The van der Waals surface area contributed by atoms with Gasteiger partial charge in [-0.15, -0.1) is 11.8 Å². The Morgan fingerprint density at radius 1 is 1.21 bits per heavy atom. The summed E-state index contributed by atoms with van der Waals surface area (Å²) in [6, 6.07) is 12.2. The van der Waals surface area contributed by atoms with E-state index in [0.717, 1.165) is 10.5 Å². The highest BCUT2D eigenvalue weighted by Crippen LogP contribution is 2.34. The zero-order valence-corrected chi connectivity index (χ0v) is 11.5. The van der Waals surface area contributed by atoms with Gasteiger partial charge in [0.15, 0.2) is 0 Å². The zero-order valence-electron chi connectivity index (χ0n) is 9.97. The predicted molar refractivity (Wildman–Crippen MR) is 78.8 cm³/mol. The topological polar surface area (TPSA) is 63.3 Å². The minimum Gasteiger partial charge on any atom is -0.478 e. The predicted octanol–water partition coefficient (Wildman–Crippen LogP) is 3.91. The molecule has 0 aliphatic carbocycles. The van der Waals surface area contributed by atoms with Crippen molar-refractivity contribution < 1.29 is 9.90 Å². The Kier molecular flexibility index (Phi) is 4.35. The van der Waals surface area contributed by atoms with Gasteiger partial charge in [0.2, 0.25) is 0 Å². The molecule has 0 saturated carbocycles. The van der Waals surface area contributed by atoms with Gasteiger partial charge in [-0.2, -0.15) is 0 Å². The van der Waals surface area contributed by atoms with Crippen LogP contribution in [0.5, 0.6) is 0 Å². The lowest BCUT2D eigenvalue weighted by Crippen LogP contribution is -2.01. The zero-order chi connectivity index (χ0) is 13.8. The van der Waals surface area contributed by atoms with Crippen LogP contribution in [-0.2, 0) is 5.75 Å². The van der Waals surface area contributed by atoms with Gasteiger partial charge < -0.3 is 10.8 Å². The molecule has 0 atom stereocenters. The summed E-state index contributed by atoms with van der Waals surface area (Å²) < 4.78 is 0. The summed E-state index contributed by atoms with van der Waals surface area (Å²) in [7, 11) is 0. The van der Waals surface area contributed by atoms with Gasteiger partial charge in [-0.3, -0.25) is 0 Å². The minimum absolute atomic E-state index is 0.306. The van der Waals surface area contributed by atoms with E-state index < -0.39 is 5.97 Å². The number of nitrogen functional groups attached to an aromatic ring is 1. The van der Waals surface area contributed by atoms with E-state index in [9.17, 15) is 4.79 Å². The van der Waals surface area contributed by atoms with Gasteiger partial charge in [0.05, 0.1) is 10.6 Å². The molecule has 3 N–H and O–H groups in total. The first-order chi connectivity index (χ1) is 9.09. The third kappa shape index (κ3) is 3.22. The Bertz CT molecular complexity index is 596. The van der Waals surface area contributed by atoms with E-state index in [1.807, 2.05) is 6.07 Å². The van der Waals surface area contributed by atoms with Crippen LogP contribution >= 0.6 is 23.4 Å². The first-order valence-corrected chi connectivity index (χ1v) is 6.94. The Labute approximate surface area is 120 Å². The summed E-state index contributed by atoms with van der Waals surface area (Å²) in [5.41, 5.74) is 7.52. The summed E-state index contributed by atoms with van der Waals surface area (Å²) >= 11 is 7.52. The van der Waals surface area contributed by atoms with Crippen LogP contribution in [0.25, 0.3) is 0 Å². The van der Waals surface area contributed by atoms with Crippen LogP contribution in [-0.4, -0.2) is 11.1 Å². The molecule has 0 spiro atoms. The highest BCUT2D eigenvalue weighted by Gasteiger charge is 2.11. The quantitative estimate of drug-likeness (QED) is 0.662. The number of hydrogen-bond acceptors (Lipinski definition) is 3. The van der Waals surface area contributed by atoms with Gasteiger partial charge in [0.25, 0.3) is 0 Å². The van der Waals surface area contributed by atoms with Crippen LogP contribution in [0, 0.1) is 0 Å². The molecule has 2 aromatic carbocycles. The summed E-state index contributed by atoms with van der Waals surface area (Å²) in [4.78, 5) is 11.9. The van der Waals surface area contributed by atoms with Crippen LogP contribution < -0.4 is 5.73 Å². The maximum atomic E-state index is 11.1. The highest BCUT2D eigenvalue weighted by atomic mass is 35.5. The van der Waals surface area contributed by atoms with E-state index in [1.54, 1.807) is 36.4 Å². The molecule has 0 aliphatic heterocycles. The molecular formula is C14H12ClNO2S. The molecule has 0 bridgehead atoms. The van der Waals surface area contributed by atoms with E-state index in [4.69, 9.17) is 22.4 Å². The lowest BCUT2D eigenvalue weighted by Gasteiger charge is -2.09.